The molecule has 25 heavy (non-hydrogen) atoms. The summed E-state index contributed by atoms with van der Waals surface area (Å²) in [4.78, 5) is 22.1. The Kier molecular flexibility index (Phi) is 6.00. The van der Waals surface area contributed by atoms with Gasteiger partial charge < -0.3 is 5.32 Å². The molecule has 4 nitrogen and oxygen atoms in total. The van der Waals surface area contributed by atoms with E-state index in [1.54, 1.807) is 0 Å². The maximum atomic E-state index is 12.7. The molecule has 1 N–H and O–H groups in total. The van der Waals surface area contributed by atoms with Crippen LogP contribution in [0.25, 0.3) is 11.0 Å². The molecule has 0 spiro atoms. The van der Waals surface area contributed by atoms with Crippen molar-refractivity contribution in [3.8, 4) is 0 Å². The summed E-state index contributed by atoms with van der Waals surface area (Å²) in [5, 5.41) is 3.23. The van der Waals surface area contributed by atoms with Gasteiger partial charge in [-0.2, -0.15) is 0 Å². The van der Waals surface area contributed by atoms with E-state index < -0.39 is 0 Å². The van der Waals surface area contributed by atoms with Crippen molar-refractivity contribution in [2.45, 2.75) is 77.7 Å². The van der Waals surface area contributed by atoms with Gasteiger partial charge >= 0.3 is 0 Å². The van der Waals surface area contributed by atoms with E-state index in [0.29, 0.717) is 11.6 Å². The van der Waals surface area contributed by atoms with Crippen molar-refractivity contribution in [1.82, 2.24) is 15.3 Å². The number of carbonyl (C=O) groups is 1. The first-order chi connectivity index (χ1) is 12.2. The fourth-order valence-electron chi connectivity index (χ4n) is 3.70. The molecule has 1 saturated carbocycles. The van der Waals surface area contributed by atoms with Crippen LogP contribution in [0.3, 0.4) is 0 Å². The van der Waals surface area contributed by atoms with Gasteiger partial charge in [-0.15, -0.1) is 0 Å². The predicted molar refractivity (Wildman–Crippen MR) is 102 cm³/mol. The number of benzene rings is 1. The molecular formula is C21H29N3O. The van der Waals surface area contributed by atoms with Gasteiger partial charge in [-0.05, 0) is 43.9 Å². The fourth-order valence-corrected chi connectivity index (χ4v) is 3.70. The molecule has 0 atom stereocenters. The number of hydrogen-bond donors (Lipinski definition) is 1. The molecule has 1 aliphatic carbocycles. The first-order valence-corrected chi connectivity index (χ1v) is 9.81. The number of carbonyl (C=O) groups excluding carboxylic acids is 1. The Morgan fingerprint density at radius 2 is 1.56 bits per heavy atom. The highest BCUT2D eigenvalue weighted by Crippen LogP contribution is 2.19. The summed E-state index contributed by atoms with van der Waals surface area (Å²) < 4.78 is 0. The number of nitrogens with one attached hydrogen (secondary N) is 1. The highest BCUT2D eigenvalue weighted by molar-refractivity contribution is 5.97. The second-order valence-electron chi connectivity index (χ2n) is 7.04. The van der Waals surface area contributed by atoms with E-state index in [1.807, 2.05) is 18.2 Å². The van der Waals surface area contributed by atoms with E-state index in [9.17, 15) is 4.79 Å². The van der Waals surface area contributed by atoms with Gasteiger partial charge in [0.15, 0.2) is 0 Å². The molecule has 1 amide bonds. The zero-order chi connectivity index (χ0) is 17.6. The molecule has 0 bridgehead atoms. The lowest BCUT2D eigenvalue weighted by molar-refractivity contribution is 0.0930. The summed E-state index contributed by atoms with van der Waals surface area (Å²) in [5.41, 5.74) is 4.47. The lowest BCUT2D eigenvalue weighted by Gasteiger charge is -2.21. The lowest BCUT2D eigenvalue weighted by atomic mass is 9.96. The second kappa shape index (κ2) is 8.41. The predicted octanol–water partition coefficient (Wildman–Crippen LogP) is 4.60. The van der Waals surface area contributed by atoms with Crippen LogP contribution in [0.1, 0.15) is 80.5 Å². The molecule has 0 saturated heterocycles. The van der Waals surface area contributed by atoms with Crippen LogP contribution in [-0.2, 0) is 12.8 Å². The monoisotopic (exact) mass is 339 g/mol. The quantitative estimate of drug-likeness (QED) is 0.886. The van der Waals surface area contributed by atoms with Crippen LogP contribution < -0.4 is 5.32 Å². The zero-order valence-electron chi connectivity index (χ0n) is 15.5. The van der Waals surface area contributed by atoms with Crippen LogP contribution in [0.15, 0.2) is 18.2 Å². The second-order valence-corrected chi connectivity index (χ2v) is 7.04. The largest absolute Gasteiger partial charge is 0.349 e. The number of aromatic nitrogens is 2. The van der Waals surface area contributed by atoms with Crippen molar-refractivity contribution in [3.05, 3.63) is 35.2 Å². The van der Waals surface area contributed by atoms with Crippen molar-refractivity contribution in [3.63, 3.8) is 0 Å². The molecule has 1 fully saturated rings. The average Bonchev–Trinajstić information content (AvgIpc) is 2.62. The Balaban J connectivity index is 1.78. The summed E-state index contributed by atoms with van der Waals surface area (Å²) in [6.07, 6.45) is 10.3. The standard InChI is InChI=1S/C21H29N3O/c1-3-17-18(4-2)24-20-14-15(12-13-19(20)23-17)21(25)22-16-10-8-6-5-7-9-11-16/h12-14,16H,3-11H2,1-2H3,(H,22,25). The third kappa shape index (κ3) is 4.36. The Morgan fingerprint density at radius 1 is 0.960 bits per heavy atom. The molecule has 0 aliphatic heterocycles. The number of aryl methyl sites for hydroxylation is 2. The normalized spacial score (nSPS) is 16.4. The molecule has 1 aliphatic rings. The molecule has 1 heterocycles. The number of hydrogen-bond acceptors (Lipinski definition) is 3. The summed E-state index contributed by atoms with van der Waals surface area (Å²) in [5.74, 6) is 0.0203. The van der Waals surface area contributed by atoms with Crippen LogP contribution in [0, 0.1) is 0 Å². The summed E-state index contributed by atoms with van der Waals surface area (Å²) in [7, 11) is 0. The summed E-state index contributed by atoms with van der Waals surface area (Å²) in [6, 6.07) is 6.00. The van der Waals surface area contributed by atoms with Gasteiger partial charge in [0.05, 0.1) is 22.4 Å². The SMILES string of the molecule is CCc1nc2ccc(C(=O)NC3CCCCCCC3)cc2nc1CC. The van der Waals surface area contributed by atoms with Gasteiger partial charge in [-0.25, -0.2) is 9.97 Å². The third-order valence-corrected chi connectivity index (χ3v) is 5.19. The van der Waals surface area contributed by atoms with Gasteiger partial charge in [-0.1, -0.05) is 46.0 Å². The van der Waals surface area contributed by atoms with Crippen LogP contribution in [0.2, 0.25) is 0 Å². The molecule has 134 valence electrons. The van der Waals surface area contributed by atoms with Gasteiger partial charge in [0.2, 0.25) is 0 Å². The van der Waals surface area contributed by atoms with E-state index in [-0.39, 0.29) is 5.91 Å². The van der Waals surface area contributed by atoms with Crippen molar-refractivity contribution in [2.75, 3.05) is 0 Å². The Labute approximate surface area is 150 Å². The van der Waals surface area contributed by atoms with E-state index in [0.717, 1.165) is 48.1 Å². The van der Waals surface area contributed by atoms with Crippen LogP contribution in [0.5, 0.6) is 0 Å². The van der Waals surface area contributed by atoms with Gasteiger partial charge in [0.1, 0.15) is 0 Å². The highest BCUT2D eigenvalue weighted by Gasteiger charge is 2.16. The minimum absolute atomic E-state index is 0.0203. The minimum Gasteiger partial charge on any atom is -0.349 e. The van der Waals surface area contributed by atoms with E-state index >= 15 is 0 Å². The summed E-state index contributed by atoms with van der Waals surface area (Å²) in [6.45, 7) is 4.20. The van der Waals surface area contributed by atoms with Crippen LogP contribution in [-0.4, -0.2) is 21.9 Å². The zero-order valence-corrected chi connectivity index (χ0v) is 15.5. The topological polar surface area (TPSA) is 54.9 Å². The molecule has 2 aromatic rings. The summed E-state index contributed by atoms with van der Waals surface area (Å²) >= 11 is 0. The fraction of sp³-hybridized carbons (Fsp3) is 0.571. The Bertz CT molecular complexity index is 733. The van der Waals surface area contributed by atoms with Gasteiger partial charge in [0.25, 0.3) is 5.91 Å². The minimum atomic E-state index is 0.0203. The molecule has 0 unspecified atom stereocenters. The number of nitrogens with zero attached hydrogens (tertiary/aromatic N) is 2. The lowest BCUT2D eigenvalue weighted by Crippen LogP contribution is -2.35. The number of amides is 1. The number of fused-ring (bicyclic) bond motifs is 1. The molecule has 1 aromatic carbocycles. The molecular weight excluding hydrogens is 310 g/mol. The van der Waals surface area contributed by atoms with Crippen molar-refractivity contribution >= 4 is 16.9 Å². The maximum Gasteiger partial charge on any atom is 0.251 e. The molecule has 1 aromatic heterocycles. The van der Waals surface area contributed by atoms with Crippen LogP contribution >= 0.6 is 0 Å². The first kappa shape index (κ1) is 17.8. The third-order valence-electron chi connectivity index (χ3n) is 5.19. The number of rotatable bonds is 4. The Morgan fingerprint density at radius 3 is 2.20 bits per heavy atom. The average molecular weight is 339 g/mol. The van der Waals surface area contributed by atoms with Crippen LogP contribution in [0.4, 0.5) is 0 Å². The highest BCUT2D eigenvalue weighted by atomic mass is 16.1. The Hall–Kier alpha value is -1.97. The smallest absolute Gasteiger partial charge is 0.251 e. The first-order valence-electron chi connectivity index (χ1n) is 9.81. The van der Waals surface area contributed by atoms with E-state index in [1.165, 1.54) is 32.1 Å². The van der Waals surface area contributed by atoms with Gasteiger partial charge in [0, 0.05) is 11.6 Å². The van der Waals surface area contributed by atoms with Crippen molar-refractivity contribution < 1.29 is 4.79 Å². The van der Waals surface area contributed by atoms with Gasteiger partial charge in [-0.3, -0.25) is 4.79 Å². The van der Waals surface area contributed by atoms with Crippen molar-refractivity contribution in [1.29, 1.82) is 0 Å². The van der Waals surface area contributed by atoms with E-state index in [2.05, 4.69) is 19.2 Å². The molecule has 0 radical (unpaired) electrons. The van der Waals surface area contributed by atoms with E-state index in [4.69, 9.17) is 9.97 Å². The van der Waals surface area contributed by atoms with Crippen molar-refractivity contribution in [2.24, 2.45) is 0 Å². The molecule has 4 heteroatoms. The molecule has 3 rings (SSSR count). The maximum absolute atomic E-state index is 12.7.